The average Bonchev–Trinajstić information content (AvgIpc) is 2.96. The topological polar surface area (TPSA) is 64.0 Å². The van der Waals surface area contributed by atoms with Crippen LogP contribution in [0, 0.1) is 0 Å². The number of aromatic nitrogens is 2. The van der Waals surface area contributed by atoms with Gasteiger partial charge in [-0.2, -0.15) is 0 Å². The Morgan fingerprint density at radius 3 is 2.84 bits per heavy atom. The van der Waals surface area contributed by atoms with E-state index in [1.54, 1.807) is 16.3 Å². The zero-order valence-electron chi connectivity index (χ0n) is 13.9. The Balaban J connectivity index is 1.71. The lowest BCUT2D eigenvalue weighted by atomic mass is 10.2. The summed E-state index contributed by atoms with van der Waals surface area (Å²) in [6, 6.07) is 7.42. The van der Waals surface area contributed by atoms with Crippen molar-refractivity contribution in [3.05, 3.63) is 44.8 Å². The van der Waals surface area contributed by atoms with Crippen LogP contribution in [0.3, 0.4) is 0 Å². The Hall–Kier alpha value is -1.25. The molecular weight excluding hydrogens is 422 g/mol. The first-order chi connectivity index (χ1) is 12.0. The van der Waals surface area contributed by atoms with E-state index in [-0.39, 0.29) is 17.2 Å². The second-order valence-electron chi connectivity index (χ2n) is 5.70. The fourth-order valence-corrected chi connectivity index (χ4v) is 4.84. The van der Waals surface area contributed by atoms with Gasteiger partial charge in [-0.15, -0.1) is 11.8 Å². The summed E-state index contributed by atoms with van der Waals surface area (Å²) in [5.41, 5.74) is 1.62. The summed E-state index contributed by atoms with van der Waals surface area (Å²) in [4.78, 5) is 30.2. The molecule has 0 bridgehead atoms. The van der Waals surface area contributed by atoms with Crippen LogP contribution in [-0.2, 0) is 17.8 Å². The van der Waals surface area contributed by atoms with Gasteiger partial charge in [-0.05, 0) is 31.2 Å². The second kappa shape index (κ2) is 7.97. The Labute approximate surface area is 163 Å². The third kappa shape index (κ3) is 4.30. The maximum atomic E-state index is 12.6. The zero-order valence-corrected chi connectivity index (χ0v) is 17.1. The van der Waals surface area contributed by atoms with Crippen LogP contribution in [0.15, 0.2) is 43.6 Å². The van der Waals surface area contributed by atoms with E-state index in [1.165, 1.54) is 11.8 Å². The first-order valence-electron chi connectivity index (χ1n) is 7.96. The molecule has 1 N–H and O–H groups in total. The number of amides is 1. The van der Waals surface area contributed by atoms with Gasteiger partial charge in [0.2, 0.25) is 5.91 Å². The first kappa shape index (κ1) is 18.5. The predicted octanol–water partition coefficient (Wildman–Crippen LogP) is 3.79. The molecule has 0 radical (unpaired) electrons. The van der Waals surface area contributed by atoms with E-state index >= 15 is 0 Å². The molecule has 25 heavy (non-hydrogen) atoms. The number of fused-ring (bicyclic) bond motifs is 1. The number of hydrogen-bond donors (Lipinski definition) is 1. The summed E-state index contributed by atoms with van der Waals surface area (Å²) in [5, 5.41) is 3.84. The van der Waals surface area contributed by atoms with Gasteiger partial charge >= 0.3 is 0 Å². The molecule has 0 spiro atoms. The fraction of sp³-hybridized carbons (Fsp3) is 0.353. The summed E-state index contributed by atoms with van der Waals surface area (Å²) in [6.45, 7) is 4.57. The van der Waals surface area contributed by atoms with Crippen LogP contribution in [0.25, 0.3) is 0 Å². The summed E-state index contributed by atoms with van der Waals surface area (Å²) in [5.74, 6) is 0.0942. The molecule has 2 aromatic rings. The highest BCUT2D eigenvalue weighted by Crippen LogP contribution is 2.34. The normalized spacial score (nSPS) is 15.9. The molecule has 8 heteroatoms. The van der Waals surface area contributed by atoms with Gasteiger partial charge in [0.15, 0.2) is 5.16 Å². The standard InChI is InChI=1S/C17H18BrN3O2S2/c1-3-21-16(23)15-13(8-10(2)25-15)20-17(21)24-9-14(22)19-12-6-4-11(18)5-7-12/h4-7,10H,3,8-9H2,1-2H3,(H,19,22)/t10-/m0/s1. The lowest BCUT2D eigenvalue weighted by Gasteiger charge is -2.11. The quantitative estimate of drug-likeness (QED) is 0.566. The molecule has 0 saturated heterocycles. The van der Waals surface area contributed by atoms with Crippen molar-refractivity contribution in [3.8, 4) is 0 Å². The minimum atomic E-state index is -0.118. The molecule has 0 unspecified atom stereocenters. The summed E-state index contributed by atoms with van der Waals surface area (Å²) >= 11 is 6.26. The van der Waals surface area contributed by atoms with Crippen LogP contribution >= 0.6 is 39.5 Å². The van der Waals surface area contributed by atoms with Gasteiger partial charge in [-0.1, -0.05) is 34.6 Å². The zero-order chi connectivity index (χ0) is 18.0. The van der Waals surface area contributed by atoms with Gasteiger partial charge in [0.1, 0.15) is 0 Å². The number of carbonyl (C=O) groups is 1. The molecule has 0 saturated carbocycles. The molecule has 5 nitrogen and oxygen atoms in total. The lowest BCUT2D eigenvalue weighted by Crippen LogP contribution is -2.25. The van der Waals surface area contributed by atoms with Gasteiger partial charge in [-0.25, -0.2) is 4.98 Å². The molecule has 1 aromatic carbocycles. The van der Waals surface area contributed by atoms with E-state index in [2.05, 4.69) is 33.2 Å². The van der Waals surface area contributed by atoms with Gasteiger partial charge in [0, 0.05) is 28.4 Å². The lowest BCUT2D eigenvalue weighted by molar-refractivity contribution is -0.113. The molecule has 3 rings (SSSR count). The van der Waals surface area contributed by atoms with Crippen molar-refractivity contribution in [3.63, 3.8) is 0 Å². The Bertz CT molecular complexity index is 852. The Morgan fingerprint density at radius 2 is 2.16 bits per heavy atom. The minimum absolute atomic E-state index is 0.0117. The smallest absolute Gasteiger partial charge is 0.268 e. The van der Waals surface area contributed by atoms with E-state index < -0.39 is 0 Å². The Kier molecular flexibility index (Phi) is 5.91. The number of halogens is 1. The van der Waals surface area contributed by atoms with E-state index in [9.17, 15) is 9.59 Å². The molecule has 0 aliphatic carbocycles. The van der Waals surface area contributed by atoms with Crippen LogP contribution in [0.1, 0.15) is 19.5 Å². The number of hydrogen-bond acceptors (Lipinski definition) is 5. The van der Waals surface area contributed by atoms with Gasteiger partial charge < -0.3 is 5.32 Å². The molecule has 1 amide bonds. The minimum Gasteiger partial charge on any atom is -0.325 e. The van der Waals surface area contributed by atoms with Crippen molar-refractivity contribution in [1.29, 1.82) is 0 Å². The molecule has 1 aromatic heterocycles. The Morgan fingerprint density at radius 1 is 1.44 bits per heavy atom. The highest BCUT2D eigenvalue weighted by Gasteiger charge is 2.26. The molecule has 0 fully saturated rings. The van der Waals surface area contributed by atoms with Gasteiger partial charge in [-0.3, -0.25) is 14.2 Å². The van der Waals surface area contributed by atoms with Crippen LogP contribution in [0.4, 0.5) is 5.69 Å². The maximum absolute atomic E-state index is 12.6. The maximum Gasteiger partial charge on any atom is 0.268 e. The van der Waals surface area contributed by atoms with Crippen molar-refractivity contribution in [2.24, 2.45) is 0 Å². The summed E-state index contributed by atoms with van der Waals surface area (Å²) in [7, 11) is 0. The molecular formula is C17H18BrN3O2S2. The SMILES string of the molecule is CCn1c(SCC(=O)Nc2ccc(Br)cc2)nc2c(c1=O)S[C@@H](C)C2. The van der Waals surface area contributed by atoms with Crippen LogP contribution < -0.4 is 10.9 Å². The van der Waals surface area contributed by atoms with Crippen LogP contribution in [0.5, 0.6) is 0 Å². The van der Waals surface area contributed by atoms with E-state index in [0.717, 1.165) is 27.2 Å². The third-order valence-electron chi connectivity index (χ3n) is 3.74. The van der Waals surface area contributed by atoms with Crippen molar-refractivity contribution in [2.75, 3.05) is 11.1 Å². The van der Waals surface area contributed by atoms with Crippen molar-refractivity contribution >= 4 is 51.0 Å². The van der Waals surface area contributed by atoms with E-state index in [1.807, 2.05) is 31.2 Å². The number of carbonyl (C=O) groups excluding carboxylic acids is 1. The molecule has 2 heterocycles. The van der Waals surface area contributed by atoms with Crippen LogP contribution in [0.2, 0.25) is 0 Å². The number of nitrogens with one attached hydrogen (secondary N) is 1. The second-order valence-corrected chi connectivity index (χ2v) is 9.00. The van der Waals surface area contributed by atoms with E-state index in [0.29, 0.717) is 17.0 Å². The third-order valence-corrected chi connectivity index (χ3v) is 6.46. The molecule has 132 valence electrons. The largest absolute Gasteiger partial charge is 0.325 e. The number of benzene rings is 1. The molecule has 1 atom stereocenters. The fourth-order valence-electron chi connectivity index (χ4n) is 2.58. The molecule has 1 aliphatic heterocycles. The summed E-state index contributed by atoms with van der Waals surface area (Å²) in [6.07, 6.45) is 0.804. The number of anilines is 1. The van der Waals surface area contributed by atoms with Crippen molar-refractivity contribution in [2.45, 2.75) is 42.1 Å². The highest BCUT2D eigenvalue weighted by atomic mass is 79.9. The molecule has 1 aliphatic rings. The van der Waals surface area contributed by atoms with Crippen molar-refractivity contribution < 1.29 is 4.79 Å². The highest BCUT2D eigenvalue weighted by molar-refractivity contribution is 9.10. The van der Waals surface area contributed by atoms with Gasteiger partial charge in [0.25, 0.3) is 5.56 Å². The monoisotopic (exact) mass is 439 g/mol. The summed E-state index contributed by atoms with van der Waals surface area (Å²) < 4.78 is 2.61. The number of rotatable bonds is 5. The number of nitrogens with zero attached hydrogens (tertiary/aromatic N) is 2. The van der Waals surface area contributed by atoms with Crippen LogP contribution in [-0.4, -0.2) is 26.5 Å². The van der Waals surface area contributed by atoms with Gasteiger partial charge in [0.05, 0.1) is 16.3 Å². The predicted molar refractivity (Wildman–Crippen MR) is 107 cm³/mol. The first-order valence-corrected chi connectivity index (χ1v) is 10.6. The average molecular weight is 440 g/mol. The van der Waals surface area contributed by atoms with Crippen molar-refractivity contribution in [1.82, 2.24) is 9.55 Å². The number of thioether (sulfide) groups is 2. The van der Waals surface area contributed by atoms with E-state index in [4.69, 9.17) is 0 Å².